The molecule has 0 saturated carbocycles. The number of hydroxylamine groups is 1. The van der Waals surface area contributed by atoms with Crippen LogP contribution in [-0.4, -0.2) is 12.8 Å². The molecule has 1 rings (SSSR count). The standard InChI is InChI=1S/C2H6N2O/c3-1-2-4-5-2/h2,4H,1,3H2. The van der Waals surface area contributed by atoms with Crippen LogP contribution in [0.25, 0.3) is 0 Å². The summed E-state index contributed by atoms with van der Waals surface area (Å²) in [6.45, 7) is 0.583. The summed E-state index contributed by atoms with van der Waals surface area (Å²) in [5, 5.41) is 0. The SMILES string of the molecule is NCC1NO1. The molecule has 0 aromatic carbocycles. The van der Waals surface area contributed by atoms with Crippen molar-refractivity contribution in [3.8, 4) is 0 Å². The molecule has 0 bridgehead atoms. The third-order valence-electron chi connectivity index (χ3n) is 0.499. The Morgan fingerprint density at radius 2 is 2.60 bits per heavy atom. The van der Waals surface area contributed by atoms with E-state index in [1.807, 2.05) is 0 Å². The molecule has 1 heterocycles. The van der Waals surface area contributed by atoms with Gasteiger partial charge >= 0.3 is 0 Å². The molecule has 0 aliphatic carbocycles. The van der Waals surface area contributed by atoms with Crippen LogP contribution in [0.1, 0.15) is 0 Å². The molecule has 0 aromatic rings. The lowest BCUT2D eigenvalue weighted by Gasteiger charge is -1.68. The predicted molar refractivity (Wildman–Crippen MR) is 17.1 cm³/mol. The number of nitrogens with two attached hydrogens (primary N) is 1. The molecule has 0 radical (unpaired) electrons. The van der Waals surface area contributed by atoms with E-state index >= 15 is 0 Å². The molecule has 3 nitrogen and oxygen atoms in total. The van der Waals surface area contributed by atoms with Gasteiger partial charge in [-0.25, -0.2) is 0 Å². The third-order valence-corrected chi connectivity index (χ3v) is 0.499. The van der Waals surface area contributed by atoms with Gasteiger partial charge in [-0.15, -0.1) is 0 Å². The topological polar surface area (TPSA) is 60.5 Å². The fraction of sp³-hybridized carbons (Fsp3) is 1.00. The lowest BCUT2D eigenvalue weighted by molar-refractivity contribution is 0.373. The van der Waals surface area contributed by atoms with Crippen molar-refractivity contribution in [3.63, 3.8) is 0 Å². The number of hydrogen-bond donors (Lipinski definition) is 2. The average molecular weight is 74.1 g/mol. The van der Waals surface area contributed by atoms with Crippen LogP contribution in [-0.2, 0) is 4.84 Å². The summed E-state index contributed by atoms with van der Waals surface area (Å²) in [5.41, 5.74) is 7.61. The van der Waals surface area contributed by atoms with Crippen LogP contribution in [0.15, 0.2) is 0 Å². The van der Waals surface area contributed by atoms with Crippen LogP contribution in [0, 0.1) is 0 Å². The maximum atomic E-state index is 5.05. The maximum absolute atomic E-state index is 5.05. The second-order valence-corrected chi connectivity index (χ2v) is 0.960. The molecular formula is C2H6N2O. The van der Waals surface area contributed by atoms with Crippen molar-refractivity contribution in [2.75, 3.05) is 6.54 Å². The molecule has 1 unspecified atom stereocenters. The van der Waals surface area contributed by atoms with Crippen molar-refractivity contribution in [1.29, 1.82) is 0 Å². The van der Waals surface area contributed by atoms with Gasteiger partial charge in [0.1, 0.15) is 0 Å². The van der Waals surface area contributed by atoms with Crippen LogP contribution in [0.2, 0.25) is 0 Å². The Morgan fingerprint density at radius 1 is 2.00 bits per heavy atom. The van der Waals surface area contributed by atoms with Gasteiger partial charge in [0, 0.05) is 6.54 Å². The molecule has 3 N–H and O–H groups in total. The van der Waals surface area contributed by atoms with Gasteiger partial charge in [0.2, 0.25) is 0 Å². The first-order chi connectivity index (χ1) is 2.43. The highest BCUT2D eigenvalue weighted by Gasteiger charge is 2.17. The van der Waals surface area contributed by atoms with Gasteiger partial charge in [-0.1, -0.05) is 0 Å². The summed E-state index contributed by atoms with van der Waals surface area (Å²) in [5.74, 6) is 0. The fourth-order valence-electron chi connectivity index (χ4n) is 0.144. The predicted octanol–water partition coefficient (Wildman–Crippen LogP) is -1.19. The molecule has 0 spiro atoms. The first-order valence-corrected chi connectivity index (χ1v) is 1.54. The summed E-state index contributed by atoms with van der Waals surface area (Å²) in [4.78, 5) is 4.48. The van der Waals surface area contributed by atoms with Gasteiger partial charge in [-0.05, 0) is 0 Å². The Kier molecular flexibility index (Phi) is 0.574. The molecule has 1 fully saturated rings. The second kappa shape index (κ2) is 0.931. The molecule has 0 aromatic heterocycles. The van der Waals surface area contributed by atoms with Crippen molar-refractivity contribution in [3.05, 3.63) is 0 Å². The summed E-state index contributed by atoms with van der Waals surface area (Å²) in [6, 6.07) is 0. The average Bonchev–Trinajstić information content (AvgIpc) is 2.12. The van der Waals surface area contributed by atoms with Gasteiger partial charge in [-0.3, -0.25) is 4.84 Å². The summed E-state index contributed by atoms with van der Waals surface area (Å²) in [7, 11) is 0. The van der Waals surface area contributed by atoms with Crippen molar-refractivity contribution in [1.82, 2.24) is 5.48 Å². The van der Waals surface area contributed by atoms with E-state index in [1.165, 1.54) is 0 Å². The summed E-state index contributed by atoms with van der Waals surface area (Å²) in [6.07, 6.45) is 0.162. The Balaban J connectivity index is 2.00. The van der Waals surface area contributed by atoms with Crippen molar-refractivity contribution >= 4 is 0 Å². The minimum absolute atomic E-state index is 0.162. The van der Waals surface area contributed by atoms with E-state index in [2.05, 4.69) is 10.3 Å². The lowest BCUT2D eigenvalue weighted by Crippen LogP contribution is -2.07. The van der Waals surface area contributed by atoms with E-state index in [-0.39, 0.29) is 6.23 Å². The highest BCUT2D eigenvalue weighted by Crippen LogP contribution is 1.92. The van der Waals surface area contributed by atoms with E-state index in [9.17, 15) is 0 Å². The molecule has 1 aliphatic heterocycles. The van der Waals surface area contributed by atoms with Gasteiger partial charge < -0.3 is 5.73 Å². The molecule has 1 atom stereocenters. The Hall–Kier alpha value is -0.120. The van der Waals surface area contributed by atoms with E-state index in [1.54, 1.807) is 0 Å². The minimum Gasteiger partial charge on any atom is -0.327 e. The van der Waals surface area contributed by atoms with Gasteiger partial charge in [-0.2, -0.15) is 5.48 Å². The van der Waals surface area contributed by atoms with Crippen LogP contribution < -0.4 is 11.2 Å². The largest absolute Gasteiger partial charge is 0.327 e. The Bertz CT molecular complexity index is 34.6. The Morgan fingerprint density at radius 3 is 2.60 bits per heavy atom. The zero-order chi connectivity index (χ0) is 3.70. The highest BCUT2D eigenvalue weighted by atomic mass is 16.8. The number of rotatable bonds is 1. The van der Waals surface area contributed by atoms with Crippen LogP contribution in [0.5, 0.6) is 0 Å². The number of nitrogens with one attached hydrogen (secondary N) is 1. The highest BCUT2D eigenvalue weighted by molar-refractivity contribution is 4.55. The third kappa shape index (κ3) is 0.576. The quantitative estimate of drug-likeness (QED) is 0.384. The lowest BCUT2D eigenvalue weighted by atomic mass is 10.7. The van der Waals surface area contributed by atoms with E-state index in [4.69, 9.17) is 5.73 Å². The van der Waals surface area contributed by atoms with Gasteiger partial charge in [0.05, 0.1) is 0 Å². The summed E-state index contributed by atoms with van der Waals surface area (Å²) >= 11 is 0. The molecule has 1 aliphatic rings. The zero-order valence-electron chi connectivity index (χ0n) is 2.77. The minimum atomic E-state index is 0.162. The van der Waals surface area contributed by atoms with Crippen LogP contribution in [0.3, 0.4) is 0 Å². The monoisotopic (exact) mass is 74.0 g/mol. The van der Waals surface area contributed by atoms with E-state index in [0.717, 1.165) is 0 Å². The van der Waals surface area contributed by atoms with Crippen LogP contribution >= 0.6 is 0 Å². The van der Waals surface area contributed by atoms with Crippen molar-refractivity contribution < 1.29 is 4.84 Å². The maximum Gasteiger partial charge on any atom is 0.163 e. The molecule has 5 heavy (non-hydrogen) atoms. The number of hydrogen-bond acceptors (Lipinski definition) is 3. The zero-order valence-corrected chi connectivity index (χ0v) is 2.77. The van der Waals surface area contributed by atoms with E-state index in [0.29, 0.717) is 6.54 Å². The smallest absolute Gasteiger partial charge is 0.163 e. The van der Waals surface area contributed by atoms with Gasteiger partial charge in [0.25, 0.3) is 0 Å². The normalized spacial score (nSPS) is 34.2. The van der Waals surface area contributed by atoms with E-state index < -0.39 is 0 Å². The second-order valence-electron chi connectivity index (χ2n) is 0.960. The summed E-state index contributed by atoms with van der Waals surface area (Å²) < 4.78 is 0. The van der Waals surface area contributed by atoms with Crippen molar-refractivity contribution in [2.24, 2.45) is 5.73 Å². The van der Waals surface area contributed by atoms with Crippen molar-refractivity contribution in [2.45, 2.75) is 6.23 Å². The molecule has 0 amide bonds. The molecule has 1 saturated heterocycles. The molecule has 3 heteroatoms. The van der Waals surface area contributed by atoms with Crippen LogP contribution in [0.4, 0.5) is 0 Å². The first kappa shape index (κ1) is 3.08. The first-order valence-electron chi connectivity index (χ1n) is 1.54. The Labute approximate surface area is 30.1 Å². The fourth-order valence-corrected chi connectivity index (χ4v) is 0.144. The molecular weight excluding hydrogens is 68.0 g/mol. The van der Waals surface area contributed by atoms with Gasteiger partial charge in [0.15, 0.2) is 6.23 Å². The molecule has 30 valence electrons.